The van der Waals surface area contributed by atoms with Gasteiger partial charge in [-0.05, 0) is 41.9 Å². The van der Waals surface area contributed by atoms with Gasteiger partial charge in [-0.15, -0.1) is 0 Å². The van der Waals surface area contributed by atoms with E-state index < -0.39 is 0 Å². The summed E-state index contributed by atoms with van der Waals surface area (Å²) in [5, 5.41) is 0.792. The molecule has 0 radical (unpaired) electrons. The molecule has 0 nitrogen and oxygen atoms in total. The first kappa shape index (κ1) is 11.2. The Morgan fingerprint density at radius 2 is 2.00 bits per heavy atom. The van der Waals surface area contributed by atoms with Gasteiger partial charge in [-0.2, -0.15) is 11.8 Å². The van der Waals surface area contributed by atoms with E-state index in [0.29, 0.717) is 10.8 Å². The van der Waals surface area contributed by atoms with Crippen LogP contribution in [0.3, 0.4) is 0 Å². The number of fused-ring (bicyclic) bond motifs is 4. The van der Waals surface area contributed by atoms with Gasteiger partial charge in [0.2, 0.25) is 0 Å². The SMILES string of the molecule is C=C1C2CC3C(C)(C)CCC[C@]3(C)C1CS2. The van der Waals surface area contributed by atoms with Crippen molar-refractivity contribution in [2.75, 3.05) is 5.75 Å². The summed E-state index contributed by atoms with van der Waals surface area (Å²) < 4.78 is 0. The summed E-state index contributed by atoms with van der Waals surface area (Å²) in [5.74, 6) is 3.11. The van der Waals surface area contributed by atoms with E-state index in [2.05, 4.69) is 39.1 Å². The molecule has 0 amide bonds. The zero-order valence-electron chi connectivity index (χ0n) is 10.9. The van der Waals surface area contributed by atoms with Crippen molar-refractivity contribution in [3.8, 4) is 0 Å². The quantitative estimate of drug-likeness (QED) is 0.558. The molecule has 16 heavy (non-hydrogen) atoms. The molecule has 4 atom stereocenters. The van der Waals surface area contributed by atoms with E-state index >= 15 is 0 Å². The molecule has 1 heteroatoms. The highest BCUT2D eigenvalue weighted by atomic mass is 32.2. The van der Waals surface area contributed by atoms with Crippen LogP contribution in [0.15, 0.2) is 12.2 Å². The summed E-state index contributed by atoms with van der Waals surface area (Å²) in [6.07, 6.45) is 5.71. The fraction of sp³-hybridized carbons (Fsp3) is 0.867. The molecule has 0 aromatic carbocycles. The van der Waals surface area contributed by atoms with Gasteiger partial charge in [0, 0.05) is 11.0 Å². The third kappa shape index (κ3) is 1.30. The molecule has 2 aliphatic carbocycles. The van der Waals surface area contributed by atoms with Crippen LogP contribution < -0.4 is 0 Å². The summed E-state index contributed by atoms with van der Waals surface area (Å²) in [6.45, 7) is 12.0. The zero-order valence-corrected chi connectivity index (χ0v) is 11.7. The van der Waals surface area contributed by atoms with Crippen molar-refractivity contribution < 1.29 is 0 Å². The maximum atomic E-state index is 4.40. The molecule has 0 spiro atoms. The van der Waals surface area contributed by atoms with Crippen LogP contribution in [0.2, 0.25) is 0 Å². The van der Waals surface area contributed by atoms with Gasteiger partial charge in [-0.1, -0.05) is 39.3 Å². The second-order valence-corrected chi connectivity index (χ2v) is 8.32. The lowest BCUT2D eigenvalue weighted by molar-refractivity contribution is -0.0402. The van der Waals surface area contributed by atoms with Gasteiger partial charge in [0.15, 0.2) is 0 Å². The van der Waals surface area contributed by atoms with Crippen molar-refractivity contribution in [3.05, 3.63) is 12.2 Å². The summed E-state index contributed by atoms with van der Waals surface area (Å²) in [7, 11) is 0. The molecule has 3 rings (SSSR count). The second-order valence-electron chi connectivity index (χ2n) is 7.09. The Bertz CT molecular complexity index is 330. The van der Waals surface area contributed by atoms with Crippen LogP contribution in [0, 0.1) is 22.7 Å². The van der Waals surface area contributed by atoms with E-state index in [-0.39, 0.29) is 0 Å². The van der Waals surface area contributed by atoms with Gasteiger partial charge in [-0.25, -0.2) is 0 Å². The lowest BCUT2D eigenvalue weighted by Gasteiger charge is -2.56. The minimum Gasteiger partial charge on any atom is -0.153 e. The topological polar surface area (TPSA) is 0 Å². The molecule has 3 unspecified atom stereocenters. The molecule has 1 heterocycles. The van der Waals surface area contributed by atoms with Crippen LogP contribution in [0.4, 0.5) is 0 Å². The number of hydrogen-bond acceptors (Lipinski definition) is 1. The summed E-state index contributed by atoms with van der Waals surface area (Å²) in [4.78, 5) is 0. The van der Waals surface area contributed by atoms with Gasteiger partial charge in [0.05, 0.1) is 0 Å². The lowest BCUT2D eigenvalue weighted by Crippen LogP contribution is -2.50. The first-order valence-electron chi connectivity index (χ1n) is 6.75. The Morgan fingerprint density at radius 3 is 2.75 bits per heavy atom. The van der Waals surface area contributed by atoms with Crippen molar-refractivity contribution in [2.45, 2.75) is 51.7 Å². The predicted octanol–water partition coefficient (Wildman–Crippen LogP) is 4.51. The summed E-state index contributed by atoms with van der Waals surface area (Å²) in [5.41, 5.74) is 2.72. The molecule has 1 aliphatic heterocycles. The van der Waals surface area contributed by atoms with Crippen LogP contribution in [-0.4, -0.2) is 11.0 Å². The van der Waals surface area contributed by atoms with Crippen molar-refractivity contribution in [1.29, 1.82) is 0 Å². The largest absolute Gasteiger partial charge is 0.153 e. The smallest absolute Gasteiger partial charge is 0.0260 e. The van der Waals surface area contributed by atoms with E-state index in [4.69, 9.17) is 0 Å². The Balaban J connectivity index is 2.02. The van der Waals surface area contributed by atoms with Crippen LogP contribution in [-0.2, 0) is 0 Å². The van der Waals surface area contributed by atoms with Gasteiger partial charge in [0.25, 0.3) is 0 Å². The molecule has 3 fully saturated rings. The Labute approximate surface area is 104 Å². The van der Waals surface area contributed by atoms with Gasteiger partial charge in [0.1, 0.15) is 0 Å². The fourth-order valence-electron chi connectivity index (χ4n) is 4.87. The third-order valence-electron chi connectivity index (χ3n) is 5.85. The molecule has 90 valence electrons. The minimum atomic E-state index is 0.565. The first-order chi connectivity index (χ1) is 7.45. The minimum absolute atomic E-state index is 0.565. The van der Waals surface area contributed by atoms with E-state index in [0.717, 1.165) is 17.1 Å². The van der Waals surface area contributed by atoms with Gasteiger partial charge >= 0.3 is 0 Å². The maximum Gasteiger partial charge on any atom is 0.0260 e. The van der Waals surface area contributed by atoms with E-state index in [1.54, 1.807) is 5.57 Å². The normalized spacial score (nSPS) is 50.2. The second kappa shape index (κ2) is 3.31. The van der Waals surface area contributed by atoms with E-state index in [1.165, 1.54) is 31.4 Å². The highest BCUT2D eigenvalue weighted by molar-refractivity contribution is 8.00. The molecule has 2 saturated carbocycles. The summed E-state index contributed by atoms with van der Waals surface area (Å²) >= 11 is 2.19. The van der Waals surface area contributed by atoms with Crippen molar-refractivity contribution in [2.24, 2.45) is 22.7 Å². The number of thioether (sulfide) groups is 1. The van der Waals surface area contributed by atoms with Crippen LogP contribution in [0.5, 0.6) is 0 Å². The van der Waals surface area contributed by atoms with Gasteiger partial charge in [-0.3, -0.25) is 0 Å². The van der Waals surface area contributed by atoms with Crippen molar-refractivity contribution in [1.82, 2.24) is 0 Å². The monoisotopic (exact) mass is 236 g/mol. The number of rotatable bonds is 0. The standard InChI is InChI=1S/C15H24S/c1-10-11-9-16-12(10)8-13-14(2,3)6-5-7-15(11,13)4/h11-13H,1,5-9H2,2-4H3/t11?,12?,13?,15-/m1/s1. The fourth-order valence-corrected chi connectivity index (χ4v) is 6.60. The molecule has 0 N–H and O–H groups in total. The summed E-state index contributed by atoms with van der Waals surface area (Å²) in [6, 6.07) is 0. The average Bonchev–Trinajstić information content (AvgIpc) is 2.44. The molecule has 2 bridgehead atoms. The van der Waals surface area contributed by atoms with E-state index in [9.17, 15) is 0 Å². The van der Waals surface area contributed by atoms with Crippen molar-refractivity contribution in [3.63, 3.8) is 0 Å². The third-order valence-corrected chi connectivity index (χ3v) is 7.27. The number of hydrogen-bond donors (Lipinski definition) is 0. The lowest BCUT2D eigenvalue weighted by atomic mass is 9.48. The molecule has 1 saturated heterocycles. The van der Waals surface area contributed by atoms with Gasteiger partial charge < -0.3 is 0 Å². The molecular weight excluding hydrogens is 212 g/mol. The predicted molar refractivity (Wildman–Crippen MR) is 72.7 cm³/mol. The molecular formula is C15H24S. The maximum absolute atomic E-state index is 4.40. The Morgan fingerprint density at radius 1 is 1.25 bits per heavy atom. The van der Waals surface area contributed by atoms with Crippen LogP contribution in [0.25, 0.3) is 0 Å². The molecule has 3 aliphatic rings. The Kier molecular flexibility index (Phi) is 2.32. The molecule has 0 aromatic rings. The highest BCUT2D eigenvalue weighted by Gasteiger charge is 2.57. The molecule has 0 aromatic heterocycles. The first-order valence-corrected chi connectivity index (χ1v) is 7.80. The highest BCUT2D eigenvalue weighted by Crippen LogP contribution is 2.65. The Hall–Kier alpha value is 0.0900. The average molecular weight is 236 g/mol. The zero-order chi connectivity index (χ0) is 11.6. The van der Waals surface area contributed by atoms with Crippen LogP contribution >= 0.6 is 11.8 Å². The van der Waals surface area contributed by atoms with E-state index in [1.807, 2.05) is 0 Å². The van der Waals surface area contributed by atoms with Crippen molar-refractivity contribution >= 4 is 11.8 Å². The van der Waals surface area contributed by atoms with Crippen LogP contribution in [0.1, 0.15) is 46.5 Å².